The number of hydrogen-bond donors (Lipinski definition) is 0. The second-order valence-electron chi connectivity index (χ2n) is 9.68. The zero-order chi connectivity index (χ0) is 23.5. The van der Waals surface area contributed by atoms with Gasteiger partial charge in [-0.1, -0.05) is 12.8 Å². The van der Waals surface area contributed by atoms with E-state index >= 15 is 0 Å². The first-order chi connectivity index (χ1) is 15.8. The summed E-state index contributed by atoms with van der Waals surface area (Å²) in [5.74, 6) is 0.151. The SMILES string of the molecule is Cc1ncccc1C(=O)Cc1cc(F)cc(CN2CCN(C(=O)C3CCCC3)[C@@H](C)C2)c1C. The number of benzene rings is 1. The molecule has 1 aromatic heterocycles. The van der Waals surface area contributed by atoms with Crippen molar-refractivity contribution in [3.63, 3.8) is 0 Å². The standard InChI is InChI=1S/C27H34FN3O2/c1-18-16-30(11-12-31(18)27(33)21-7-4-5-8-21)17-23-14-24(28)13-22(19(23)2)15-26(32)25-9-6-10-29-20(25)3/h6,9-10,13-14,18,21H,4-5,7-8,11-12,15-17H2,1-3H3/t18-/m0/s1. The van der Waals surface area contributed by atoms with Crippen LogP contribution in [0.5, 0.6) is 0 Å². The van der Waals surface area contributed by atoms with E-state index in [1.165, 1.54) is 6.07 Å². The zero-order valence-corrected chi connectivity index (χ0v) is 19.9. The van der Waals surface area contributed by atoms with Gasteiger partial charge in [0.15, 0.2) is 5.78 Å². The summed E-state index contributed by atoms with van der Waals surface area (Å²) in [4.78, 5) is 34.3. The van der Waals surface area contributed by atoms with Crippen LogP contribution in [0.2, 0.25) is 0 Å². The maximum absolute atomic E-state index is 14.5. The lowest BCUT2D eigenvalue weighted by atomic mass is 9.95. The summed E-state index contributed by atoms with van der Waals surface area (Å²) in [6.07, 6.45) is 6.19. The van der Waals surface area contributed by atoms with Crippen LogP contribution in [-0.4, -0.2) is 52.2 Å². The summed E-state index contributed by atoms with van der Waals surface area (Å²) in [6, 6.07) is 6.73. The molecule has 1 aliphatic carbocycles. The molecule has 1 saturated carbocycles. The number of ketones is 1. The summed E-state index contributed by atoms with van der Waals surface area (Å²) >= 11 is 0. The van der Waals surface area contributed by atoms with Crippen LogP contribution in [0, 0.1) is 25.6 Å². The van der Waals surface area contributed by atoms with Crippen molar-refractivity contribution in [3.05, 3.63) is 64.2 Å². The van der Waals surface area contributed by atoms with E-state index in [9.17, 15) is 14.0 Å². The van der Waals surface area contributed by atoms with Crippen molar-refractivity contribution < 1.29 is 14.0 Å². The second kappa shape index (κ2) is 10.1. The second-order valence-corrected chi connectivity index (χ2v) is 9.68. The molecule has 2 fully saturated rings. The molecule has 6 heteroatoms. The lowest BCUT2D eigenvalue weighted by Crippen LogP contribution is -2.54. The van der Waals surface area contributed by atoms with Crippen LogP contribution < -0.4 is 0 Å². The molecule has 5 nitrogen and oxygen atoms in total. The van der Waals surface area contributed by atoms with Gasteiger partial charge in [-0.3, -0.25) is 19.5 Å². The molecule has 4 rings (SSSR count). The van der Waals surface area contributed by atoms with Crippen LogP contribution in [0.3, 0.4) is 0 Å². The zero-order valence-electron chi connectivity index (χ0n) is 19.9. The molecule has 0 radical (unpaired) electrons. The third-order valence-electron chi connectivity index (χ3n) is 7.34. The van der Waals surface area contributed by atoms with E-state index in [0.29, 0.717) is 23.7 Å². The van der Waals surface area contributed by atoms with Crippen LogP contribution in [0.4, 0.5) is 4.39 Å². The molecule has 33 heavy (non-hydrogen) atoms. The lowest BCUT2D eigenvalue weighted by molar-refractivity contribution is -0.140. The first kappa shape index (κ1) is 23.6. The largest absolute Gasteiger partial charge is 0.337 e. The van der Waals surface area contributed by atoms with Crippen molar-refractivity contribution in [1.82, 2.24) is 14.8 Å². The van der Waals surface area contributed by atoms with Gasteiger partial charge in [-0.05, 0) is 74.6 Å². The van der Waals surface area contributed by atoms with Gasteiger partial charge in [0.25, 0.3) is 0 Å². The summed E-state index contributed by atoms with van der Waals surface area (Å²) in [5.41, 5.74) is 3.86. The minimum absolute atomic E-state index is 0.0482. The van der Waals surface area contributed by atoms with Gasteiger partial charge in [0.1, 0.15) is 5.82 Å². The van der Waals surface area contributed by atoms with Crippen molar-refractivity contribution >= 4 is 11.7 Å². The topological polar surface area (TPSA) is 53.5 Å². The van der Waals surface area contributed by atoms with Crippen LogP contribution in [0.1, 0.15) is 65.3 Å². The summed E-state index contributed by atoms with van der Waals surface area (Å²) in [7, 11) is 0. The summed E-state index contributed by atoms with van der Waals surface area (Å²) < 4.78 is 14.5. The number of halogens is 1. The number of nitrogens with zero attached hydrogens (tertiary/aromatic N) is 3. The normalized spacial score (nSPS) is 19.8. The highest BCUT2D eigenvalue weighted by Gasteiger charge is 2.33. The summed E-state index contributed by atoms with van der Waals surface area (Å²) in [6.45, 7) is 8.78. The molecule has 1 saturated heterocycles. The van der Waals surface area contributed by atoms with E-state index in [-0.39, 0.29) is 30.0 Å². The fraction of sp³-hybridized carbons (Fsp3) is 0.519. The Hall–Kier alpha value is -2.60. The number of carbonyl (C=O) groups excluding carboxylic acids is 2. The Morgan fingerprint density at radius 3 is 2.55 bits per heavy atom. The van der Waals surface area contributed by atoms with Crippen LogP contribution >= 0.6 is 0 Å². The van der Waals surface area contributed by atoms with Crippen molar-refractivity contribution in [2.75, 3.05) is 19.6 Å². The molecule has 0 spiro atoms. The number of pyridine rings is 1. The molecule has 0 bridgehead atoms. The molecule has 2 aromatic rings. The molecule has 2 aliphatic rings. The number of amides is 1. The number of piperazine rings is 1. The molecule has 1 amide bonds. The first-order valence-electron chi connectivity index (χ1n) is 12.1. The van der Waals surface area contributed by atoms with Gasteiger partial charge in [0.2, 0.25) is 5.91 Å². The molecule has 1 atom stereocenters. The van der Waals surface area contributed by atoms with Gasteiger partial charge >= 0.3 is 0 Å². The monoisotopic (exact) mass is 451 g/mol. The predicted molar refractivity (Wildman–Crippen MR) is 127 cm³/mol. The Kier molecular flexibility index (Phi) is 7.23. The third kappa shape index (κ3) is 5.32. The Morgan fingerprint density at radius 2 is 1.85 bits per heavy atom. The fourth-order valence-corrected chi connectivity index (χ4v) is 5.34. The van der Waals surface area contributed by atoms with E-state index in [2.05, 4.69) is 16.8 Å². The van der Waals surface area contributed by atoms with E-state index in [1.807, 2.05) is 18.7 Å². The number of rotatable bonds is 6. The highest BCUT2D eigenvalue weighted by Crippen LogP contribution is 2.28. The highest BCUT2D eigenvalue weighted by atomic mass is 19.1. The average Bonchev–Trinajstić information content (AvgIpc) is 3.32. The third-order valence-corrected chi connectivity index (χ3v) is 7.34. The highest BCUT2D eigenvalue weighted by molar-refractivity contribution is 5.98. The minimum atomic E-state index is -0.315. The van der Waals surface area contributed by atoms with Crippen molar-refractivity contribution in [1.29, 1.82) is 0 Å². The Labute approximate surface area is 196 Å². The van der Waals surface area contributed by atoms with Crippen molar-refractivity contribution in [2.45, 2.75) is 65.5 Å². The smallest absolute Gasteiger partial charge is 0.226 e. The number of hydrogen-bond acceptors (Lipinski definition) is 4. The Morgan fingerprint density at radius 1 is 1.12 bits per heavy atom. The molecule has 0 N–H and O–H groups in total. The quantitative estimate of drug-likeness (QED) is 0.608. The molecular formula is C27H34FN3O2. The van der Waals surface area contributed by atoms with E-state index in [0.717, 1.165) is 62.0 Å². The van der Waals surface area contributed by atoms with Crippen LogP contribution in [-0.2, 0) is 17.8 Å². The maximum atomic E-state index is 14.5. The number of aryl methyl sites for hydroxylation is 1. The molecule has 0 unspecified atom stereocenters. The Bertz CT molecular complexity index is 1030. The predicted octanol–water partition coefficient (Wildman–Crippen LogP) is 4.49. The fourth-order valence-electron chi connectivity index (χ4n) is 5.34. The maximum Gasteiger partial charge on any atom is 0.226 e. The minimum Gasteiger partial charge on any atom is -0.337 e. The van der Waals surface area contributed by atoms with Gasteiger partial charge < -0.3 is 4.90 Å². The van der Waals surface area contributed by atoms with E-state index in [1.54, 1.807) is 24.4 Å². The van der Waals surface area contributed by atoms with Crippen molar-refractivity contribution in [3.8, 4) is 0 Å². The van der Waals surface area contributed by atoms with E-state index in [4.69, 9.17) is 0 Å². The van der Waals surface area contributed by atoms with Crippen LogP contribution in [0.15, 0.2) is 30.5 Å². The molecule has 1 aromatic carbocycles. The number of carbonyl (C=O) groups is 2. The van der Waals surface area contributed by atoms with Gasteiger partial charge in [-0.2, -0.15) is 0 Å². The first-order valence-corrected chi connectivity index (χ1v) is 12.1. The van der Waals surface area contributed by atoms with Gasteiger partial charge in [0.05, 0.1) is 0 Å². The van der Waals surface area contributed by atoms with Gasteiger partial charge in [0, 0.05) is 62.0 Å². The molecular weight excluding hydrogens is 417 g/mol. The lowest BCUT2D eigenvalue weighted by Gasteiger charge is -2.41. The van der Waals surface area contributed by atoms with E-state index < -0.39 is 0 Å². The van der Waals surface area contributed by atoms with Gasteiger partial charge in [-0.25, -0.2) is 4.39 Å². The molecule has 1 aliphatic heterocycles. The molecule has 2 heterocycles. The Balaban J connectivity index is 1.43. The summed E-state index contributed by atoms with van der Waals surface area (Å²) in [5, 5.41) is 0. The van der Waals surface area contributed by atoms with Gasteiger partial charge in [-0.15, -0.1) is 0 Å². The number of Topliss-reactive ketones (excluding diaryl/α,β-unsaturated/α-hetero) is 1. The average molecular weight is 452 g/mol. The van der Waals surface area contributed by atoms with Crippen LogP contribution in [0.25, 0.3) is 0 Å². The number of aromatic nitrogens is 1. The molecule has 176 valence electrons. The van der Waals surface area contributed by atoms with Crippen molar-refractivity contribution in [2.24, 2.45) is 5.92 Å².